The Bertz CT molecular complexity index is 1260. The molecule has 6 rings (SSSR count). The molecule has 1 aromatic heterocycles. The SMILES string of the molecule is N#CC1c2ccc(OCCn3ccnc3)cc2N(C2CC2)C1c1ccc(NC(=O)OCC2CC2)cc1. The number of aromatic nitrogens is 2. The molecule has 1 amide bonds. The molecule has 0 saturated heterocycles. The molecule has 8 heteroatoms. The molecule has 2 heterocycles. The lowest BCUT2D eigenvalue weighted by Crippen LogP contribution is -2.28. The van der Waals surface area contributed by atoms with E-state index in [4.69, 9.17) is 9.47 Å². The third-order valence-electron chi connectivity index (χ3n) is 7.13. The van der Waals surface area contributed by atoms with E-state index in [0.29, 0.717) is 30.9 Å². The molecule has 36 heavy (non-hydrogen) atoms. The third kappa shape index (κ3) is 4.74. The quantitative estimate of drug-likeness (QED) is 0.447. The van der Waals surface area contributed by atoms with Gasteiger partial charge in [0.2, 0.25) is 0 Å². The summed E-state index contributed by atoms with van der Waals surface area (Å²) in [6, 6.07) is 16.8. The Hall–Kier alpha value is -3.99. The number of ether oxygens (including phenoxy) is 2. The van der Waals surface area contributed by atoms with Crippen LogP contribution in [0.15, 0.2) is 61.2 Å². The molecule has 2 aromatic carbocycles. The number of fused-ring (bicyclic) bond motifs is 1. The molecule has 3 aromatic rings. The zero-order valence-electron chi connectivity index (χ0n) is 20.0. The van der Waals surface area contributed by atoms with Gasteiger partial charge in [-0.3, -0.25) is 5.32 Å². The van der Waals surface area contributed by atoms with Crippen molar-refractivity contribution < 1.29 is 14.3 Å². The molecular weight excluding hydrogens is 454 g/mol. The van der Waals surface area contributed by atoms with Gasteiger partial charge in [-0.15, -0.1) is 0 Å². The van der Waals surface area contributed by atoms with Crippen molar-refractivity contribution in [2.75, 3.05) is 23.4 Å². The van der Waals surface area contributed by atoms with Crippen molar-refractivity contribution in [3.05, 3.63) is 72.3 Å². The predicted octanol–water partition coefficient (Wildman–Crippen LogP) is 5.25. The fraction of sp³-hybridized carbons (Fsp3) is 0.393. The van der Waals surface area contributed by atoms with E-state index in [1.807, 2.05) is 47.2 Å². The van der Waals surface area contributed by atoms with Gasteiger partial charge in [-0.05, 0) is 60.9 Å². The molecule has 1 N–H and O–H groups in total. The minimum absolute atomic E-state index is 0.0745. The van der Waals surface area contributed by atoms with Gasteiger partial charge >= 0.3 is 6.09 Å². The zero-order valence-corrected chi connectivity index (χ0v) is 20.0. The van der Waals surface area contributed by atoms with E-state index in [0.717, 1.165) is 54.8 Å². The summed E-state index contributed by atoms with van der Waals surface area (Å²) >= 11 is 0. The van der Waals surface area contributed by atoms with Gasteiger partial charge in [-0.25, -0.2) is 9.78 Å². The summed E-state index contributed by atoms with van der Waals surface area (Å²) < 4.78 is 13.3. The molecule has 184 valence electrons. The molecule has 0 radical (unpaired) electrons. The Balaban J connectivity index is 1.18. The van der Waals surface area contributed by atoms with E-state index in [2.05, 4.69) is 27.3 Å². The lowest BCUT2D eigenvalue weighted by Gasteiger charge is -2.29. The number of carbonyl (C=O) groups is 1. The maximum Gasteiger partial charge on any atom is 0.411 e. The summed E-state index contributed by atoms with van der Waals surface area (Å²) in [5.74, 6) is 1.06. The van der Waals surface area contributed by atoms with Crippen molar-refractivity contribution in [1.82, 2.24) is 9.55 Å². The zero-order chi connectivity index (χ0) is 24.5. The third-order valence-corrected chi connectivity index (χ3v) is 7.13. The van der Waals surface area contributed by atoms with Gasteiger partial charge in [-0.1, -0.05) is 18.2 Å². The first-order valence-electron chi connectivity index (χ1n) is 12.6. The summed E-state index contributed by atoms with van der Waals surface area (Å²) in [5.41, 5.74) is 3.88. The largest absolute Gasteiger partial charge is 0.492 e. The number of rotatable bonds is 9. The summed E-state index contributed by atoms with van der Waals surface area (Å²) in [6.07, 6.45) is 9.55. The summed E-state index contributed by atoms with van der Waals surface area (Å²) in [7, 11) is 0. The molecule has 3 aliphatic rings. The number of benzene rings is 2. The number of carbonyl (C=O) groups excluding carboxylic acids is 1. The topological polar surface area (TPSA) is 92.4 Å². The first kappa shape index (κ1) is 22.5. The lowest BCUT2D eigenvalue weighted by molar-refractivity contribution is 0.156. The van der Waals surface area contributed by atoms with E-state index in [-0.39, 0.29) is 12.0 Å². The van der Waals surface area contributed by atoms with Crippen LogP contribution >= 0.6 is 0 Å². The first-order chi connectivity index (χ1) is 17.7. The van der Waals surface area contributed by atoms with Crippen LogP contribution in [0.4, 0.5) is 16.2 Å². The smallest absolute Gasteiger partial charge is 0.411 e. The highest BCUT2D eigenvalue weighted by atomic mass is 16.5. The second kappa shape index (κ2) is 9.57. The maximum atomic E-state index is 12.1. The monoisotopic (exact) mass is 483 g/mol. The Kier molecular flexibility index (Phi) is 5.98. The van der Waals surface area contributed by atoms with Crippen molar-refractivity contribution in [3.8, 4) is 11.8 Å². The van der Waals surface area contributed by atoms with Crippen LogP contribution in [0.5, 0.6) is 5.75 Å². The molecule has 1 aliphatic heterocycles. The summed E-state index contributed by atoms with van der Waals surface area (Å²) in [5, 5.41) is 13.0. The Morgan fingerprint density at radius 3 is 2.67 bits per heavy atom. The molecule has 0 spiro atoms. The number of imidazole rings is 1. The highest BCUT2D eigenvalue weighted by Crippen LogP contribution is 2.54. The number of amides is 1. The van der Waals surface area contributed by atoms with Crippen LogP contribution in [0.3, 0.4) is 0 Å². The molecule has 2 atom stereocenters. The molecule has 2 aliphatic carbocycles. The van der Waals surface area contributed by atoms with Crippen LogP contribution in [-0.4, -0.2) is 34.9 Å². The standard InChI is InChI=1S/C28H29N5O3/c29-16-25-24-10-9-23(35-14-13-32-12-11-30-18-32)15-26(24)33(22-7-8-22)27(25)20-3-5-21(6-4-20)31-28(34)36-17-19-1-2-19/h3-6,9-12,15,18-19,22,25,27H,1-2,7-8,13-14,17H2,(H,31,34). The number of nitrogens with one attached hydrogen (secondary N) is 1. The van der Waals surface area contributed by atoms with Crippen molar-refractivity contribution in [2.45, 2.75) is 50.2 Å². The van der Waals surface area contributed by atoms with E-state index < -0.39 is 6.09 Å². The van der Waals surface area contributed by atoms with Crippen molar-refractivity contribution in [3.63, 3.8) is 0 Å². The molecule has 0 bridgehead atoms. The number of hydrogen-bond acceptors (Lipinski definition) is 6. The Labute approximate surface area is 210 Å². The minimum atomic E-state index is -0.419. The second-order valence-corrected chi connectivity index (χ2v) is 9.85. The van der Waals surface area contributed by atoms with Crippen LogP contribution < -0.4 is 15.0 Å². The van der Waals surface area contributed by atoms with Crippen molar-refractivity contribution in [2.24, 2.45) is 5.92 Å². The van der Waals surface area contributed by atoms with Crippen molar-refractivity contribution in [1.29, 1.82) is 5.26 Å². The van der Waals surface area contributed by atoms with E-state index in [9.17, 15) is 10.1 Å². The number of hydrogen-bond donors (Lipinski definition) is 1. The summed E-state index contributed by atoms with van der Waals surface area (Å²) in [6.45, 7) is 1.75. The van der Waals surface area contributed by atoms with Crippen LogP contribution in [0.1, 0.15) is 48.8 Å². The fourth-order valence-corrected chi connectivity index (χ4v) is 4.93. The fourth-order valence-electron chi connectivity index (χ4n) is 4.93. The molecule has 2 fully saturated rings. The average molecular weight is 484 g/mol. The molecule has 2 saturated carbocycles. The van der Waals surface area contributed by atoms with Crippen LogP contribution in [0.2, 0.25) is 0 Å². The molecular formula is C28H29N5O3. The Morgan fingerprint density at radius 1 is 1.14 bits per heavy atom. The van der Waals surface area contributed by atoms with Gasteiger partial charge in [0, 0.05) is 35.9 Å². The normalized spacial score (nSPS) is 20.5. The number of nitriles is 1. The minimum Gasteiger partial charge on any atom is -0.492 e. The van der Waals surface area contributed by atoms with Gasteiger partial charge in [0.05, 0.1) is 37.5 Å². The predicted molar refractivity (Wildman–Crippen MR) is 135 cm³/mol. The van der Waals surface area contributed by atoms with Gasteiger partial charge in [0.15, 0.2) is 0 Å². The van der Waals surface area contributed by atoms with Crippen LogP contribution in [-0.2, 0) is 11.3 Å². The number of nitrogens with zero attached hydrogens (tertiary/aromatic N) is 4. The van der Waals surface area contributed by atoms with Crippen LogP contribution in [0.25, 0.3) is 0 Å². The van der Waals surface area contributed by atoms with Gasteiger partial charge < -0.3 is 18.9 Å². The average Bonchev–Trinajstić information content (AvgIpc) is 3.83. The van der Waals surface area contributed by atoms with Gasteiger partial charge in [0.1, 0.15) is 12.4 Å². The van der Waals surface area contributed by atoms with Crippen LogP contribution in [0, 0.1) is 17.2 Å². The maximum absolute atomic E-state index is 12.1. The van der Waals surface area contributed by atoms with E-state index in [1.54, 1.807) is 12.5 Å². The highest BCUT2D eigenvalue weighted by molar-refractivity contribution is 5.84. The molecule has 8 nitrogen and oxygen atoms in total. The lowest BCUT2D eigenvalue weighted by atomic mass is 9.91. The van der Waals surface area contributed by atoms with E-state index >= 15 is 0 Å². The van der Waals surface area contributed by atoms with E-state index in [1.165, 1.54) is 0 Å². The van der Waals surface area contributed by atoms with Gasteiger partial charge in [-0.2, -0.15) is 5.26 Å². The highest BCUT2D eigenvalue weighted by Gasteiger charge is 2.46. The second-order valence-electron chi connectivity index (χ2n) is 9.85. The summed E-state index contributed by atoms with van der Waals surface area (Å²) in [4.78, 5) is 18.5. The van der Waals surface area contributed by atoms with Gasteiger partial charge in [0.25, 0.3) is 0 Å². The Morgan fingerprint density at radius 2 is 1.97 bits per heavy atom. The first-order valence-corrected chi connectivity index (χ1v) is 12.6. The number of anilines is 2. The van der Waals surface area contributed by atoms with Crippen molar-refractivity contribution >= 4 is 17.5 Å². The molecule has 2 unspecified atom stereocenters.